The van der Waals surface area contributed by atoms with Crippen LogP contribution in [0, 0.1) is 0 Å². The van der Waals surface area contributed by atoms with Gasteiger partial charge in [0.05, 0.1) is 13.7 Å². The van der Waals surface area contributed by atoms with Crippen LogP contribution >= 0.6 is 0 Å². The second-order valence-electron chi connectivity index (χ2n) is 6.84. The van der Waals surface area contributed by atoms with E-state index in [0.29, 0.717) is 17.7 Å². The summed E-state index contributed by atoms with van der Waals surface area (Å²) < 4.78 is 50.6. The lowest BCUT2D eigenvalue weighted by Gasteiger charge is -2.33. The molecule has 1 aliphatic rings. The molecule has 1 atom stereocenters. The molecule has 0 spiro atoms. The van der Waals surface area contributed by atoms with Gasteiger partial charge in [-0.2, -0.15) is 18.3 Å². The van der Waals surface area contributed by atoms with E-state index in [9.17, 15) is 22.8 Å². The molecule has 1 aromatic heterocycles. The van der Waals surface area contributed by atoms with E-state index >= 15 is 0 Å². The second-order valence-corrected chi connectivity index (χ2v) is 6.84. The lowest BCUT2D eigenvalue weighted by Crippen LogP contribution is -2.41. The number of benzene rings is 1. The molecule has 1 aliphatic heterocycles. The van der Waals surface area contributed by atoms with E-state index in [4.69, 9.17) is 9.47 Å². The molecule has 1 N–H and O–H groups in total. The van der Waals surface area contributed by atoms with Crippen molar-refractivity contribution in [2.45, 2.75) is 31.9 Å². The molecule has 0 aliphatic carbocycles. The van der Waals surface area contributed by atoms with Gasteiger partial charge in [0.1, 0.15) is 11.4 Å². The normalized spacial score (nSPS) is 16.4. The van der Waals surface area contributed by atoms with Crippen molar-refractivity contribution in [2.75, 3.05) is 26.8 Å². The maximum atomic E-state index is 13.5. The fourth-order valence-corrected chi connectivity index (χ4v) is 3.56. The number of methoxy groups -OCH3 is 1. The van der Waals surface area contributed by atoms with Crippen LogP contribution in [-0.4, -0.2) is 53.8 Å². The van der Waals surface area contributed by atoms with Crippen molar-refractivity contribution in [3.05, 3.63) is 46.8 Å². The Hall–Kier alpha value is -3.04. The minimum Gasteiger partial charge on any atom is -0.497 e. The number of rotatable bonds is 7. The maximum absolute atomic E-state index is 13.5. The Bertz CT molecular complexity index is 909. The summed E-state index contributed by atoms with van der Waals surface area (Å²) in [6.07, 6.45) is -4.21. The summed E-state index contributed by atoms with van der Waals surface area (Å²) in [7, 11) is 1.50. The number of amides is 1. The average molecular weight is 425 g/mol. The molecule has 2 aromatic rings. The molecule has 3 rings (SSSR count). The van der Waals surface area contributed by atoms with Gasteiger partial charge in [-0.1, -0.05) is 12.1 Å². The molecule has 1 unspecified atom stereocenters. The third kappa shape index (κ3) is 4.42. The lowest BCUT2D eigenvalue weighted by molar-refractivity contribution is -0.143. The summed E-state index contributed by atoms with van der Waals surface area (Å²) >= 11 is 0. The molecule has 2 heterocycles. The molecule has 0 saturated carbocycles. The van der Waals surface area contributed by atoms with Crippen molar-refractivity contribution in [3.8, 4) is 5.75 Å². The van der Waals surface area contributed by atoms with Gasteiger partial charge in [-0.3, -0.25) is 14.7 Å². The Morgan fingerprint density at radius 1 is 1.30 bits per heavy atom. The quantitative estimate of drug-likeness (QED) is 0.688. The number of carbonyl (C=O) groups excluding carboxylic acids is 2. The summed E-state index contributed by atoms with van der Waals surface area (Å²) in [5.41, 5.74) is -0.811. The van der Waals surface area contributed by atoms with Crippen LogP contribution in [0.3, 0.4) is 0 Å². The molecule has 0 saturated heterocycles. The largest absolute Gasteiger partial charge is 0.497 e. The van der Waals surface area contributed by atoms with E-state index in [2.05, 4.69) is 5.10 Å². The number of aromatic amines is 1. The van der Waals surface area contributed by atoms with Crippen LogP contribution in [0.15, 0.2) is 24.3 Å². The van der Waals surface area contributed by atoms with Crippen LogP contribution in [0.1, 0.15) is 53.0 Å². The van der Waals surface area contributed by atoms with Gasteiger partial charge in [0, 0.05) is 31.0 Å². The van der Waals surface area contributed by atoms with E-state index in [1.807, 2.05) is 5.10 Å². The third-order valence-corrected chi connectivity index (χ3v) is 4.96. The maximum Gasteiger partial charge on any atom is 0.433 e. The molecule has 0 bridgehead atoms. The highest BCUT2D eigenvalue weighted by Crippen LogP contribution is 2.41. The number of H-pyrrole nitrogens is 1. The number of carbonyl (C=O) groups is 2. The molecular weight excluding hydrogens is 403 g/mol. The highest BCUT2D eigenvalue weighted by Gasteiger charge is 2.44. The van der Waals surface area contributed by atoms with Crippen LogP contribution in [0.5, 0.6) is 5.75 Å². The molecule has 1 amide bonds. The smallest absolute Gasteiger partial charge is 0.433 e. The van der Waals surface area contributed by atoms with Gasteiger partial charge < -0.3 is 14.4 Å². The summed E-state index contributed by atoms with van der Waals surface area (Å²) in [4.78, 5) is 25.7. The molecule has 0 radical (unpaired) electrons. The van der Waals surface area contributed by atoms with Crippen molar-refractivity contribution in [1.29, 1.82) is 0 Å². The van der Waals surface area contributed by atoms with Gasteiger partial charge in [-0.25, -0.2) is 0 Å². The standard InChI is InChI=1S/C20H22F3N3O4/c1-3-30-15(27)5-4-10-26-11-14(12-6-8-13(29-2)9-7-12)16-17(19(26)28)24-25-18(16)20(21,22)23/h6-9,14H,3-5,10-11H2,1-2H3,(H,24,25). The third-order valence-electron chi connectivity index (χ3n) is 4.96. The fraction of sp³-hybridized carbons (Fsp3) is 0.450. The monoisotopic (exact) mass is 425 g/mol. The fourth-order valence-electron chi connectivity index (χ4n) is 3.56. The van der Waals surface area contributed by atoms with Crippen LogP contribution in [0.4, 0.5) is 13.2 Å². The van der Waals surface area contributed by atoms with Gasteiger partial charge in [0.15, 0.2) is 5.69 Å². The van der Waals surface area contributed by atoms with Gasteiger partial charge in [0.2, 0.25) is 0 Å². The number of ether oxygens (including phenoxy) is 2. The summed E-state index contributed by atoms with van der Waals surface area (Å²) in [6, 6.07) is 6.66. The van der Waals surface area contributed by atoms with Crippen molar-refractivity contribution < 1.29 is 32.2 Å². The Morgan fingerprint density at radius 3 is 2.60 bits per heavy atom. The zero-order valence-corrected chi connectivity index (χ0v) is 16.6. The SMILES string of the molecule is CCOC(=O)CCCN1CC(c2ccc(OC)cc2)c2c(n[nH]c2C(F)(F)F)C1=O. The van der Waals surface area contributed by atoms with Gasteiger partial charge >= 0.3 is 12.1 Å². The Morgan fingerprint density at radius 2 is 2.00 bits per heavy atom. The first-order valence-electron chi connectivity index (χ1n) is 9.50. The molecular formula is C20H22F3N3O4. The zero-order chi connectivity index (χ0) is 21.9. The van der Waals surface area contributed by atoms with E-state index < -0.39 is 23.7 Å². The molecule has 30 heavy (non-hydrogen) atoms. The number of hydrogen-bond donors (Lipinski definition) is 1. The Labute approximate surface area is 171 Å². The number of nitrogens with zero attached hydrogens (tertiary/aromatic N) is 2. The van der Waals surface area contributed by atoms with Gasteiger partial charge in [0.25, 0.3) is 5.91 Å². The van der Waals surface area contributed by atoms with Crippen LogP contribution in [0.2, 0.25) is 0 Å². The van der Waals surface area contributed by atoms with Crippen LogP contribution in [0.25, 0.3) is 0 Å². The summed E-state index contributed by atoms with van der Waals surface area (Å²) in [6.45, 7) is 2.21. The number of halogens is 3. The highest BCUT2D eigenvalue weighted by molar-refractivity contribution is 5.96. The van der Waals surface area contributed by atoms with Crippen molar-refractivity contribution >= 4 is 11.9 Å². The number of hydrogen-bond acceptors (Lipinski definition) is 5. The zero-order valence-electron chi connectivity index (χ0n) is 16.6. The molecule has 7 nitrogen and oxygen atoms in total. The molecule has 1 aromatic carbocycles. The van der Waals surface area contributed by atoms with Gasteiger partial charge in [-0.05, 0) is 31.0 Å². The summed E-state index contributed by atoms with van der Waals surface area (Å²) in [5.74, 6) is -1.12. The van der Waals surface area contributed by atoms with E-state index in [1.54, 1.807) is 31.2 Å². The lowest BCUT2D eigenvalue weighted by atomic mass is 9.85. The predicted octanol–water partition coefficient (Wildman–Crippen LogP) is 3.37. The molecule has 0 fully saturated rings. The Kier molecular flexibility index (Phi) is 6.33. The Balaban J connectivity index is 1.91. The van der Waals surface area contributed by atoms with Gasteiger partial charge in [-0.15, -0.1) is 0 Å². The topological polar surface area (TPSA) is 84.5 Å². The van der Waals surface area contributed by atoms with E-state index in [1.165, 1.54) is 12.0 Å². The van der Waals surface area contributed by atoms with Crippen molar-refractivity contribution in [1.82, 2.24) is 15.1 Å². The van der Waals surface area contributed by atoms with Crippen molar-refractivity contribution in [3.63, 3.8) is 0 Å². The number of fused-ring (bicyclic) bond motifs is 1. The van der Waals surface area contributed by atoms with Crippen molar-refractivity contribution in [2.24, 2.45) is 0 Å². The minimum atomic E-state index is -4.67. The first-order valence-corrected chi connectivity index (χ1v) is 9.50. The number of aromatic nitrogens is 2. The first kappa shape index (κ1) is 21.7. The summed E-state index contributed by atoms with van der Waals surface area (Å²) in [5, 5.41) is 5.68. The van der Waals surface area contributed by atoms with E-state index in [-0.39, 0.29) is 43.3 Å². The second kappa shape index (κ2) is 8.76. The predicted molar refractivity (Wildman–Crippen MR) is 100 cm³/mol. The van der Waals surface area contributed by atoms with E-state index in [0.717, 1.165) is 0 Å². The molecule has 10 heteroatoms. The van der Waals surface area contributed by atoms with Crippen LogP contribution in [-0.2, 0) is 15.7 Å². The highest BCUT2D eigenvalue weighted by atomic mass is 19.4. The molecule has 162 valence electrons. The minimum absolute atomic E-state index is 0.0452. The first-order chi connectivity index (χ1) is 14.3. The number of alkyl halides is 3. The van der Waals surface area contributed by atoms with Crippen LogP contribution < -0.4 is 4.74 Å². The number of nitrogens with one attached hydrogen (secondary N) is 1. The average Bonchev–Trinajstić information content (AvgIpc) is 3.16. The number of esters is 1.